The van der Waals surface area contributed by atoms with Crippen LogP contribution < -0.4 is 0 Å². The number of carbonyl (C=O) groups is 1. The number of aryl methyl sites for hydroxylation is 1. The molecule has 0 radical (unpaired) electrons. The van der Waals surface area contributed by atoms with Crippen LogP contribution in [-0.4, -0.2) is 35.5 Å². The average Bonchev–Trinajstić information content (AvgIpc) is 3.02. The molecule has 4 nitrogen and oxygen atoms in total. The summed E-state index contributed by atoms with van der Waals surface area (Å²) in [4.78, 5) is 14.4. The Balaban J connectivity index is 1.44. The molecule has 2 heterocycles. The molecule has 3 rings (SSSR count). The number of rotatable bonds is 6. The average molecular weight is 328 g/mol. The zero-order valence-corrected chi connectivity index (χ0v) is 13.8. The smallest absolute Gasteiger partial charge is 0.162 e. The van der Waals surface area contributed by atoms with Crippen molar-refractivity contribution >= 4 is 11.4 Å². The van der Waals surface area contributed by atoms with Crippen molar-refractivity contribution in [2.24, 2.45) is 0 Å². The molecule has 0 spiro atoms. The Morgan fingerprint density at radius 2 is 2.12 bits per heavy atom. The first-order valence-corrected chi connectivity index (χ1v) is 8.25. The van der Waals surface area contributed by atoms with Gasteiger partial charge in [-0.25, -0.2) is 4.39 Å². The van der Waals surface area contributed by atoms with E-state index < -0.39 is 0 Å². The molecular formula is C19H21FN2O2. The summed E-state index contributed by atoms with van der Waals surface area (Å²) in [6.07, 6.45) is 4.40. The van der Waals surface area contributed by atoms with Crippen molar-refractivity contribution in [1.82, 2.24) is 10.1 Å². The first-order valence-electron chi connectivity index (χ1n) is 8.25. The number of aromatic nitrogens is 1. The molecule has 0 bridgehead atoms. The second-order valence-corrected chi connectivity index (χ2v) is 6.15. The highest BCUT2D eigenvalue weighted by atomic mass is 19.1. The van der Waals surface area contributed by atoms with E-state index in [4.69, 9.17) is 4.52 Å². The Kier molecular flexibility index (Phi) is 5.20. The van der Waals surface area contributed by atoms with Crippen LogP contribution >= 0.6 is 0 Å². The normalized spacial score (nSPS) is 15.3. The molecule has 24 heavy (non-hydrogen) atoms. The lowest BCUT2D eigenvalue weighted by atomic mass is 10.0. The largest absolute Gasteiger partial charge is 0.356 e. The fourth-order valence-electron chi connectivity index (χ4n) is 2.90. The number of benzene rings is 1. The molecule has 1 aliphatic rings. The summed E-state index contributed by atoms with van der Waals surface area (Å²) in [6, 6.07) is 7.72. The zero-order chi connectivity index (χ0) is 16.9. The zero-order valence-electron chi connectivity index (χ0n) is 13.8. The highest BCUT2D eigenvalue weighted by Crippen LogP contribution is 2.23. The van der Waals surface area contributed by atoms with Gasteiger partial charge in [0.1, 0.15) is 5.82 Å². The first kappa shape index (κ1) is 16.6. The molecule has 0 saturated carbocycles. The van der Waals surface area contributed by atoms with E-state index in [1.54, 1.807) is 12.1 Å². The van der Waals surface area contributed by atoms with Crippen molar-refractivity contribution in [3.8, 4) is 0 Å². The van der Waals surface area contributed by atoms with E-state index >= 15 is 0 Å². The van der Waals surface area contributed by atoms with Gasteiger partial charge < -0.3 is 4.52 Å². The number of ketones is 1. The van der Waals surface area contributed by atoms with Crippen molar-refractivity contribution in [2.75, 3.05) is 19.6 Å². The highest BCUT2D eigenvalue weighted by Gasteiger charge is 2.16. The van der Waals surface area contributed by atoms with Crippen molar-refractivity contribution in [3.63, 3.8) is 0 Å². The van der Waals surface area contributed by atoms with E-state index in [1.807, 2.05) is 13.0 Å². The van der Waals surface area contributed by atoms with Gasteiger partial charge in [0.2, 0.25) is 0 Å². The minimum absolute atomic E-state index is 0.0698. The number of hydrogen-bond donors (Lipinski definition) is 0. The predicted octanol–water partition coefficient (Wildman–Crippen LogP) is 3.87. The van der Waals surface area contributed by atoms with Gasteiger partial charge in [-0.15, -0.1) is 0 Å². The molecule has 1 aromatic carbocycles. The Labute approximate surface area is 140 Å². The van der Waals surface area contributed by atoms with E-state index in [2.05, 4.69) is 16.1 Å². The quantitative estimate of drug-likeness (QED) is 0.755. The van der Waals surface area contributed by atoms with E-state index in [0.717, 1.165) is 43.9 Å². The second kappa shape index (κ2) is 7.53. The third-order valence-corrected chi connectivity index (χ3v) is 4.28. The highest BCUT2D eigenvalue weighted by molar-refractivity contribution is 5.95. The first-order chi connectivity index (χ1) is 11.6. The van der Waals surface area contributed by atoms with E-state index in [0.29, 0.717) is 12.0 Å². The number of hydrogen-bond acceptors (Lipinski definition) is 4. The lowest BCUT2D eigenvalue weighted by Crippen LogP contribution is -2.29. The maximum atomic E-state index is 12.9. The van der Waals surface area contributed by atoms with Gasteiger partial charge in [0.05, 0.1) is 5.69 Å². The van der Waals surface area contributed by atoms with Gasteiger partial charge >= 0.3 is 0 Å². The van der Waals surface area contributed by atoms with Crippen molar-refractivity contribution in [1.29, 1.82) is 0 Å². The molecule has 1 aliphatic heterocycles. The monoisotopic (exact) mass is 328 g/mol. The molecule has 0 N–H and O–H groups in total. The summed E-state index contributed by atoms with van der Waals surface area (Å²) >= 11 is 0. The fraction of sp³-hybridized carbons (Fsp3) is 0.368. The lowest BCUT2D eigenvalue weighted by Gasteiger charge is -2.25. The van der Waals surface area contributed by atoms with Gasteiger partial charge in [0.25, 0.3) is 0 Å². The van der Waals surface area contributed by atoms with Crippen LogP contribution in [0.3, 0.4) is 0 Å². The number of carbonyl (C=O) groups excluding carboxylic acids is 1. The molecule has 0 saturated heterocycles. The Hall–Kier alpha value is -2.27. The van der Waals surface area contributed by atoms with Crippen LogP contribution in [-0.2, 0) is 0 Å². The molecular weight excluding hydrogens is 307 g/mol. The van der Waals surface area contributed by atoms with Crippen LogP contribution in [0.15, 0.2) is 40.9 Å². The molecule has 0 amide bonds. The number of halogens is 1. The SMILES string of the molecule is Cc1cc(C2=CCN(CCCC(=O)c3ccc(F)cc3)CC2)on1. The Morgan fingerprint density at radius 1 is 1.33 bits per heavy atom. The summed E-state index contributed by atoms with van der Waals surface area (Å²) in [7, 11) is 0. The number of nitrogens with zero attached hydrogens (tertiary/aromatic N) is 2. The van der Waals surface area contributed by atoms with Crippen LogP contribution in [0.5, 0.6) is 0 Å². The summed E-state index contributed by atoms with van der Waals surface area (Å²) in [6.45, 7) is 4.61. The summed E-state index contributed by atoms with van der Waals surface area (Å²) in [5.74, 6) is 0.614. The molecule has 0 atom stereocenters. The van der Waals surface area contributed by atoms with Gasteiger partial charge in [-0.05, 0) is 56.1 Å². The van der Waals surface area contributed by atoms with E-state index in [1.165, 1.54) is 17.7 Å². The van der Waals surface area contributed by atoms with Crippen LogP contribution in [0.25, 0.3) is 5.57 Å². The minimum atomic E-state index is -0.315. The maximum absolute atomic E-state index is 12.9. The van der Waals surface area contributed by atoms with Gasteiger partial charge in [-0.3, -0.25) is 9.69 Å². The molecule has 0 unspecified atom stereocenters. The second-order valence-electron chi connectivity index (χ2n) is 6.15. The third-order valence-electron chi connectivity index (χ3n) is 4.28. The van der Waals surface area contributed by atoms with E-state index in [-0.39, 0.29) is 11.6 Å². The summed E-state index contributed by atoms with van der Waals surface area (Å²) in [5, 5.41) is 3.92. The van der Waals surface area contributed by atoms with Crippen LogP contribution in [0.1, 0.15) is 41.1 Å². The fourth-order valence-corrected chi connectivity index (χ4v) is 2.90. The van der Waals surface area contributed by atoms with Crippen LogP contribution in [0, 0.1) is 12.7 Å². The van der Waals surface area contributed by atoms with Crippen LogP contribution in [0.4, 0.5) is 4.39 Å². The summed E-state index contributed by atoms with van der Waals surface area (Å²) in [5.41, 5.74) is 2.68. The Bertz CT molecular complexity index is 734. The maximum Gasteiger partial charge on any atom is 0.162 e. The Morgan fingerprint density at radius 3 is 2.75 bits per heavy atom. The molecule has 2 aromatic rings. The van der Waals surface area contributed by atoms with E-state index in [9.17, 15) is 9.18 Å². The van der Waals surface area contributed by atoms with Crippen LogP contribution in [0.2, 0.25) is 0 Å². The van der Waals surface area contributed by atoms with Gasteiger partial charge in [0.15, 0.2) is 11.5 Å². The standard InChI is InChI=1S/C19H21FN2O2/c1-14-13-19(24-21-14)16-8-11-22(12-9-16)10-2-3-18(23)15-4-6-17(20)7-5-15/h4-8,13H,2-3,9-12H2,1H3. The molecule has 0 fully saturated rings. The molecule has 0 aliphatic carbocycles. The van der Waals surface area contributed by atoms with Gasteiger partial charge in [0, 0.05) is 31.1 Å². The lowest BCUT2D eigenvalue weighted by molar-refractivity contribution is 0.0975. The van der Waals surface area contributed by atoms with Crippen molar-refractivity contribution in [2.45, 2.75) is 26.2 Å². The topological polar surface area (TPSA) is 46.3 Å². The number of Topliss-reactive ketones (excluding diaryl/α,β-unsaturated/α-hetero) is 1. The minimum Gasteiger partial charge on any atom is -0.356 e. The van der Waals surface area contributed by atoms with Crippen molar-refractivity contribution < 1.29 is 13.7 Å². The summed E-state index contributed by atoms with van der Waals surface area (Å²) < 4.78 is 18.2. The van der Waals surface area contributed by atoms with Gasteiger partial charge in [-0.2, -0.15) is 0 Å². The van der Waals surface area contributed by atoms with Gasteiger partial charge in [-0.1, -0.05) is 11.2 Å². The molecule has 126 valence electrons. The van der Waals surface area contributed by atoms with Crippen molar-refractivity contribution in [3.05, 3.63) is 59.2 Å². The molecule has 5 heteroatoms. The molecule has 1 aromatic heterocycles. The predicted molar refractivity (Wildman–Crippen MR) is 90.2 cm³/mol. The third kappa shape index (κ3) is 4.17.